The van der Waals surface area contributed by atoms with Crippen LogP contribution >= 0.6 is 0 Å². The van der Waals surface area contributed by atoms with Gasteiger partial charge in [-0.05, 0) is 0 Å². The maximum absolute atomic E-state index is 3.03. The van der Waals surface area contributed by atoms with Gasteiger partial charge in [0.15, 0.2) is 0 Å². The van der Waals surface area contributed by atoms with Crippen molar-refractivity contribution < 1.29 is 52.8 Å². The summed E-state index contributed by atoms with van der Waals surface area (Å²) in [6, 6.07) is 0. The minimum Gasteiger partial charge on any atom is -1.00 e. The largest absolute Gasteiger partial charge is 1.00 e. The second-order valence-electron chi connectivity index (χ2n) is 0.500. The summed E-state index contributed by atoms with van der Waals surface area (Å²) in [7, 11) is 2.36. The van der Waals surface area contributed by atoms with Crippen LogP contribution < -0.4 is 56.0 Å². The van der Waals surface area contributed by atoms with Crippen LogP contribution in [0.5, 0.6) is 0 Å². The Bertz CT molecular complexity index is 9.61. The molecule has 0 spiro atoms. The maximum atomic E-state index is 3.03. The maximum Gasteiger partial charge on any atom is 1.00 e. The molecule has 0 unspecified atom stereocenters. The molecule has 0 fully saturated rings. The van der Waals surface area contributed by atoms with E-state index in [1.165, 1.54) is 20.8 Å². The molecule has 0 aliphatic heterocycles. The molecule has 0 aliphatic rings. The van der Waals surface area contributed by atoms with Gasteiger partial charge in [0.25, 0.3) is 0 Å². The second kappa shape index (κ2) is 8.90. The molecule has 0 aliphatic carbocycles. The molecule has 0 aromatic heterocycles. The number of nitrogens with one attached hydrogen (secondary N) is 1. The van der Waals surface area contributed by atoms with E-state index in [1.54, 1.807) is 0 Å². The summed E-state index contributed by atoms with van der Waals surface area (Å²) in [6.07, 6.45) is 0. The van der Waals surface area contributed by atoms with Crippen molar-refractivity contribution in [1.82, 2.24) is 4.65 Å². The molecule has 0 heterocycles. The van der Waals surface area contributed by atoms with Gasteiger partial charge in [0.2, 0.25) is 0 Å². The van der Waals surface area contributed by atoms with Gasteiger partial charge in [-0.2, -0.15) is 0 Å². The number of hydrogen-bond acceptors (Lipinski definition) is 1. The first-order valence-corrected chi connectivity index (χ1v) is 3.00. The quantitative estimate of drug-likeness (QED) is 0.312. The summed E-state index contributed by atoms with van der Waals surface area (Å²) in [4.78, 5) is 0. The zero-order valence-corrected chi connectivity index (χ0v) is 10.6. The van der Waals surface area contributed by atoms with Crippen molar-refractivity contribution in [3.05, 3.63) is 0 Å². The molecule has 22 valence electrons. The Balaban J connectivity index is -0.0000000200. The molecule has 0 aromatic carbocycles. The van der Waals surface area contributed by atoms with Gasteiger partial charge in [-0.3, -0.25) is 0 Å². The molecule has 0 atom stereocenters. The summed E-state index contributed by atoms with van der Waals surface area (Å²) in [5, 5.41) is 0. The summed E-state index contributed by atoms with van der Waals surface area (Å²) in [5.41, 5.74) is 0. The molecule has 0 saturated carbocycles. The number of rotatable bonds is 0. The summed E-state index contributed by atoms with van der Waals surface area (Å²) < 4.78 is 3.03. The molecule has 0 radical (unpaired) electrons. The van der Waals surface area contributed by atoms with Crippen LogP contribution in [0.2, 0.25) is 0 Å². The molecular formula is H8KNSi2. The van der Waals surface area contributed by atoms with E-state index in [0.29, 0.717) is 0 Å². The van der Waals surface area contributed by atoms with E-state index in [2.05, 4.69) is 4.65 Å². The Morgan fingerprint density at radius 3 is 1.50 bits per heavy atom. The van der Waals surface area contributed by atoms with Crippen LogP contribution in [0.4, 0.5) is 0 Å². The Hall–Kier alpha value is 2.03. The van der Waals surface area contributed by atoms with Crippen molar-refractivity contribution in [3.8, 4) is 0 Å². The summed E-state index contributed by atoms with van der Waals surface area (Å²) >= 11 is 0. The summed E-state index contributed by atoms with van der Waals surface area (Å²) in [5.74, 6) is 0. The number of hydrogen-bond donors (Lipinski definition) is 1. The van der Waals surface area contributed by atoms with E-state index in [0.717, 1.165) is 0 Å². The Morgan fingerprint density at radius 2 is 1.50 bits per heavy atom. The van der Waals surface area contributed by atoms with Gasteiger partial charge >= 0.3 is 51.4 Å². The van der Waals surface area contributed by atoms with Crippen LogP contribution in [0.3, 0.4) is 0 Å². The van der Waals surface area contributed by atoms with Crippen LogP contribution in [0.1, 0.15) is 1.43 Å². The molecule has 0 amide bonds. The van der Waals surface area contributed by atoms with Crippen molar-refractivity contribution in [2.45, 2.75) is 0 Å². The molecule has 1 nitrogen and oxygen atoms in total. The minimum absolute atomic E-state index is 0. The van der Waals surface area contributed by atoms with Gasteiger partial charge in [0.1, 0.15) is 0 Å². The Morgan fingerprint density at radius 1 is 1.50 bits per heavy atom. The zero-order valence-electron chi connectivity index (χ0n) is 4.50. The van der Waals surface area contributed by atoms with Crippen LogP contribution in [-0.2, 0) is 0 Å². The van der Waals surface area contributed by atoms with Gasteiger partial charge < -0.3 is 6.07 Å². The van der Waals surface area contributed by atoms with E-state index in [1.807, 2.05) is 0 Å². The average Bonchev–Trinajstić information content (AvgIpc) is 0.918. The van der Waals surface area contributed by atoms with Gasteiger partial charge in [-0.25, -0.2) is 0 Å². The van der Waals surface area contributed by atoms with Crippen molar-refractivity contribution in [1.29, 1.82) is 0 Å². The third-order valence-electron chi connectivity index (χ3n) is 0. The molecule has 0 aromatic rings. The smallest absolute Gasteiger partial charge is 1.00 e. The molecule has 1 N–H and O–H groups in total. The molecule has 0 bridgehead atoms. The molecular weight excluding hydrogens is 109 g/mol. The third-order valence-corrected chi connectivity index (χ3v) is 0. The SMILES string of the molecule is [H-].[K+].[SiH3]N[SiH3]. The Labute approximate surface area is 76.8 Å². The second-order valence-corrected chi connectivity index (χ2v) is 4.50. The van der Waals surface area contributed by atoms with Crippen LogP contribution in [0.25, 0.3) is 0 Å². The standard InChI is InChI=1S/K.H7NSi2.H/c;2-1-3;/h;1H,2-3H3;/q+1;;-1. The van der Waals surface area contributed by atoms with Crippen molar-refractivity contribution in [3.63, 3.8) is 0 Å². The van der Waals surface area contributed by atoms with Gasteiger partial charge in [-0.15, -0.1) is 0 Å². The molecule has 0 saturated heterocycles. The van der Waals surface area contributed by atoms with Crippen molar-refractivity contribution >= 4 is 20.8 Å². The predicted octanol–water partition coefficient (Wildman–Crippen LogP) is -5.75. The molecule has 4 heteroatoms. The van der Waals surface area contributed by atoms with E-state index in [9.17, 15) is 0 Å². The first kappa shape index (κ1) is 9.39. The van der Waals surface area contributed by atoms with E-state index in [4.69, 9.17) is 0 Å². The third kappa shape index (κ3) is 8.98. The van der Waals surface area contributed by atoms with Crippen molar-refractivity contribution in [2.75, 3.05) is 0 Å². The summed E-state index contributed by atoms with van der Waals surface area (Å²) in [6.45, 7) is 0. The van der Waals surface area contributed by atoms with Crippen LogP contribution in [0, 0.1) is 0 Å². The van der Waals surface area contributed by atoms with Gasteiger partial charge in [0.05, 0.1) is 20.8 Å². The fourth-order valence-corrected chi connectivity index (χ4v) is 0. The normalized spacial score (nSPS) is 6.00. The van der Waals surface area contributed by atoms with E-state index in [-0.39, 0.29) is 52.8 Å². The predicted molar refractivity (Wildman–Crippen MR) is 24.1 cm³/mol. The van der Waals surface area contributed by atoms with Crippen LogP contribution in [0.15, 0.2) is 0 Å². The topological polar surface area (TPSA) is 12.0 Å². The van der Waals surface area contributed by atoms with Crippen molar-refractivity contribution in [2.24, 2.45) is 0 Å². The van der Waals surface area contributed by atoms with E-state index >= 15 is 0 Å². The first-order chi connectivity index (χ1) is 1.41. The zero-order chi connectivity index (χ0) is 2.71. The fourth-order valence-electron chi connectivity index (χ4n) is 0. The average molecular weight is 117 g/mol. The van der Waals surface area contributed by atoms with E-state index < -0.39 is 0 Å². The van der Waals surface area contributed by atoms with Gasteiger partial charge in [-0.1, -0.05) is 0 Å². The monoisotopic (exact) mass is 117 g/mol. The first-order valence-electron chi connectivity index (χ1n) is 1.00. The van der Waals surface area contributed by atoms with Crippen LogP contribution in [-0.4, -0.2) is 20.8 Å². The molecule has 0 rings (SSSR count). The molecule has 4 heavy (non-hydrogen) atoms. The Kier molecular flexibility index (Phi) is 20.9. The fraction of sp³-hybridized carbons (Fsp3) is 0. The minimum atomic E-state index is 0. The van der Waals surface area contributed by atoms with Gasteiger partial charge in [0, 0.05) is 0 Å².